The number of rotatable bonds is 4. The fourth-order valence-electron chi connectivity index (χ4n) is 1.41. The van der Waals surface area contributed by atoms with E-state index in [1.807, 2.05) is 30.5 Å². The second-order valence-electron chi connectivity index (χ2n) is 3.40. The molecule has 5 nitrogen and oxygen atoms in total. The molecule has 0 aliphatic carbocycles. The maximum Gasteiger partial charge on any atom is 0.343 e. The number of carbonyl (C=O) groups excluding carboxylic acids is 1. The maximum atomic E-state index is 11.1. The molecule has 0 amide bonds. The Kier molecular flexibility index (Phi) is 3.99. The molecule has 0 bridgehead atoms. The Hall–Kier alpha value is -1.82. The lowest BCUT2D eigenvalue weighted by atomic mass is 10.2. The molecule has 2 rings (SSSR count). The highest BCUT2D eigenvalue weighted by molar-refractivity contribution is 7.98. The van der Waals surface area contributed by atoms with Crippen LogP contribution in [0.3, 0.4) is 0 Å². The second-order valence-corrected chi connectivity index (χ2v) is 4.17. The summed E-state index contributed by atoms with van der Waals surface area (Å²) in [5, 5.41) is 1.38. The van der Waals surface area contributed by atoms with Gasteiger partial charge in [-0.25, -0.2) is 9.78 Å². The first-order valence-electron chi connectivity index (χ1n) is 5.25. The number of hydrogen-bond donors (Lipinski definition) is 0. The number of hydrogen-bond acceptors (Lipinski definition) is 6. The fraction of sp³-hybridized carbons (Fsp3) is 0.250. The van der Waals surface area contributed by atoms with E-state index in [1.165, 1.54) is 18.9 Å². The average molecular weight is 264 g/mol. The number of nitrogens with zero attached hydrogens (tertiary/aromatic N) is 2. The summed E-state index contributed by atoms with van der Waals surface area (Å²) in [6, 6.07) is 7.49. The van der Waals surface area contributed by atoms with Crippen molar-refractivity contribution in [3.63, 3.8) is 0 Å². The van der Waals surface area contributed by atoms with E-state index < -0.39 is 5.97 Å². The number of ether oxygens (including phenoxy) is 2. The van der Waals surface area contributed by atoms with E-state index in [9.17, 15) is 4.79 Å². The third-order valence-electron chi connectivity index (χ3n) is 2.28. The van der Waals surface area contributed by atoms with Gasteiger partial charge in [-0.15, -0.1) is 0 Å². The Morgan fingerprint density at radius 2 is 2.11 bits per heavy atom. The van der Waals surface area contributed by atoms with Crippen molar-refractivity contribution in [1.82, 2.24) is 9.97 Å². The lowest BCUT2D eigenvalue weighted by Crippen LogP contribution is -2.13. The molecule has 0 unspecified atom stereocenters. The Morgan fingerprint density at radius 1 is 1.33 bits per heavy atom. The number of methoxy groups -OCH3 is 1. The van der Waals surface area contributed by atoms with Crippen LogP contribution in [0.25, 0.3) is 10.9 Å². The number of fused-ring (bicyclic) bond motifs is 1. The van der Waals surface area contributed by atoms with Gasteiger partial charge in [0.1, 0.15) is 0 Å². The van der Waals surface area contributed by atoms with Crippen LogP contribution in [0.4, 0.5) is 0 Å². The van der Waals surface area contributed by atoms with Crippen molar-refractivity contribution in [1.29, 1.82) is 0 Å². The molecule has 6 heteroatoms. The number of aromatic nitrogens is 2. The summed E-state index contributed by atoms with van der Waals surface area (Å²) >= 11 is 1.42. The SMILES string of the molecule is COC(=O)COc1nc(SC)nc2ccccc12. The van der Waals surface area contributed by atoms with Crippen LogP contribution < -0.4 is 4.74 Å². The van der Waals surface area contributed by atoms with Gasteiger partial charge in [0.2, 0.25) is 5.88 Å². The first kappa shape index (κ1) is 12.6. The highest BCUT2D eigenvalue weighted by Gasteiger charge is 2.10. The van der Waals surface area contributed by atoms with Crippen molar-refractivity contribution in [3.05, 3.63) is 24.3 Å². The molecule has 94 valence electrons. The molecule has 18 heavy (non-hydrogen) atoms. The van der Waals surface area contributed by atoms with Crippen molar-refractivity contribution in [2.24, 2.45) is 0 Å². The zero-order chi connectivity index (χ0) is 13.0. The van der Waals surface area contributed by atoms with Gasteiger partial charge in [0.25, 0.3) is 0 Å². The third kappa shape index (κ3) is 2.70. The summed E-state index contributed by atoms with van der Waals surface area (Å²) in [4.78, 5) is 19.7. The highest BCUT2D eigenvalue weighted by Crippen LogP contribution is 2.24. The maximum absolute atomic E-state index is 11.1. The summed E-state index contributed by atoms with van der Waals surface area (Å²) in [7, 11) is 1.32. The molecular weight excluding hydrogens is 252 g/mol. The number of para-hydroxylation sites is 1. The zero-order valence-electron chi connectivity index (χ0n) is 10.0. The molecule has 0 N–H and O–H groups in total. The molecule has 0 radical (unpaired) electrons. The molecule has 0 spiro atoms. The Balaban J connectivity index is 2.37. The zero-order valence-corrected chi connectivity index (χ0v) is 10.9. The van der Waals surface area contributed by atoms with Gasteiger partial charge in [0, 0.05) is 0 Å². The Labute approximate surface area is 109 Å². The van der Waals surface area contributed by atoms with E-state index in [-0.39, 0.29) is 6.61 Å². The van der Waals surface area contributed by atoms with E-state index in [2.05, 4.69) is 14.7 Å². The summed E-state index contributed by atoms with van der Waals surface area (Å²) in [5.41, 5.74) is 0.789. The van der Waals surface area contributed by atoms with Crippen molar-refractivity contribution >= 4 is 28.6 Å². The van der Waals surface area contributed by atoms with Crippen molar-refractivity contribution in [3.8, 4) is 5.88 Å². The van der Waals surface area contributed by atoms with Crippen LogP contribution in [0.15, 0.2) is 29.4 Å². The van der Waals surface area contributed by atoms with Crippen LogP contribution in [0, 0.1) is 0 Å². The monoisotopic (exact) mass is 264 g/mol. The first-order chi connectivity index (χ1) is 8.74. The van der Waals surface area contributed by atoms with Crippen LogP contribution in [-0.4, -0.2) is 35.9 Å². The second kappa shape index (κ2) is 5.68. The summed E-state index contributed by atoms with van der Waals surface area (Å²) in [6.45, 7) is -0.161. The normalized spacial score (nSPS) is 10.3. The molecule has 0 saturated carbocycles. The molecular formula is C12H12N2O3S. The van der Waals surface area contributed by atoms with Gasteiger partial charge in [-0.3, -0.25) is 0 Å². The minimum Gasteiger partial charge on any atom is -0.466 e. The molecule has 1 heterocycles. The van der Waals surface area contributed by atoms with Crippen molar-refractivity contribution in [2.75, 3.05) is 20.0 Å². The van der Waals surface area contributed by atoms with Crippen LogP contribution in [0.2, 0.25) is 0 Å². The van der Waals surface area contributed by atoms with Crippen molar-refractivity contribution < 1.29 is 14.3 Å². The van der Waals surface area contributed by atoms with E-state index in [1.54, 1.807) is 0 Å². The van der Waals surface area contributed by atoms with E-state index in [4.69, 9.17) is 4.74 Å². The van der Waals surface area contributed by atoms with E-state index in [0.717, 1.165) is 10.9 Å². The molecule has 0 atom stereocenters. The smallest absolute Gasteiger partial charge is 0.343 e. The summed E-state index contributed by atoms with van der Waals surface area (Å²) in [5.74, 6) is -0.0428. The predicted molar refractivity (Wildman–Crippen MR) is 68.8 cm³/mol. The molecule has 1 aromatic carbocycles. The standard InChI is InChI=1S/C12H12N2O3S/c1-16-10(15)7-17-11-8-5-3-4-6-9(8)13-12(14-11)18-2/h3-6H,7H2,1-2H3. The van der Waals surface area contributed by atoms with Gasteiger partial charge < -0.3 is 9.47 Å². The lowest BCUT2D eigenvalue weighted by molar-refractivity contribution is -0.142. The minimum absolute atomic E-state index is 0.161. The topological polar surface area (TPSA) is 61.3 Å². The van der Waals surface area contributed by atoms with Crippen molar-refractivity contribution in [2.45, 2.75) is 5.16 Å². The number of carbonyl (C=O) groups is 1. The molecule has 2 aromatic rings. The Morgan fingerprint density at radius 3 is 2.83 bits per heavy atom. The van der Waals surface area contributed by atoms with Gasteiger partial charge in [-0.1, -0.05) is 23.9 Å². The summed E-state index contributed by atoms with van der Waals surface area (Å²) < 4.78 is 9.90. The molecule has 0 aliphatic heterocycles. The van der Waals surface area contributed by atoms with E-state index in [0.29, 0.717) is 11.0 Å². The Bertz CT molecular complexity index is 574. The largest absolute Gasteiger partial charge is 0.466 e. The van der Waals surface area contributed by atoms with Crippen LogP contribution in [0.1, 0.15) is 0 Å². The highest BCUT2D eigenvalue weighted by atomic mass is 32.2. The van der Waals surface area contributed by atoms with Gasteiger partial charge >= 0.3 is 5.97 Å². The fourth-order valence-corrected chi connectivity index (χ4v) is 1.78. The van der Waals surface area contributed by atoms with Gasteiger partial charge in [0.05, 0.1) is 18.0 Å². The first-order valence-corrected chi connectivity index (χ1v) is 6.47. The van der Waals surface area contributed by atoms with Gasteiger partial charge in [-0.05, 0) is 18.4 Å². The number of thioether (sulfide) groups is 1. The van der Waals surface area contributed by atoms with Gasteiger partial charge in [0.15, 0.2) is 11.8 Å². The van der Waals surface area contributed by atoms with Crippen LogP contribution >= 0.6 is 11.8 Å². The summed E-state index contributed by atoms with van der Waals surface area (Å²) in [6.07, 6.45) is 1.88. The third-order valence-corrected chi connectivity index (χ3v) is 2.83. The predicted octanol–water partition coefficient (Wildman–Crippen LogP) is 1.90. The molecule has 0 aliphatic rings. The quantitative estimate of drug-likeness (QED) is 0.477. The van der Waals surface area contributed by atoms with Crippen LogP contribution in [0.5, 0.6) is 5.88 Å². The van der Waals surface area contributed by atoms with E-state index >= 15 is 0 Å². The number of esters is 1. The average Bonchev–Trinajstić information content (AvgIpc) is 2.43. The van der Waals surface area contributed by atoms with Crippen LogP contribution in [-0.2, 0) is 9.53 Å². The molecule has 1 aromatic heterocycles. The number of benzene rings is 1. The lowest BCUT2D eigenvalue weighted by Gasteiger charge is -2.08. The molecule has 0 fully saturated rings. The molecule has 0 saturated heterocycles. The van der Waals surface area contributed by atoms with Gasteiger partial charge in [-0.2, -0.15) is 4.98 Å². The minimum atomic E-state index is -0.441.